The van der Waals surface area contributed by atoms with E-state index in [1.54, 1.807) is 0 Å². The Morgan fingerprint density at radius 2 is 2.00 bits per heavy atom. The van der Waals surface area contributed by atoms with Gasteiger partial charge in [0.1, 0.15) is 17.6 Å². The summed E-state index contributed by atoms with van der Waals surface area (Å²) in [5, 5.41) is 10.2. The molecule has 1 N–H and O–H groups in total. The molecule has 0 saturated heterocycles. The second-order valence-electron chi connectivity index (χ2n) is 8.34. The molecule has 2 heteroatoms. The lowest BCUT2D eigenvalue weighted by atomic mass is 9.62. The van der Waals surface area contributed by atoms with Crippen molar-refractivity contribution < 1.29 is 9.84 Å². The minimum Gasteiger partial charge on any atom is -0.508 e. The summed E-state index contributed by atoms with van der Waals surface area (Å²) in [6, 6.07) is 3.82. The van der Waals surface area contributed by atoms with Crippen LogP contribution in [0.1, 0.15) is 77.3 Å². The molecule has 2 nitrogen and oxygen atoms in total. The summed E-state index contributed by atoms with van der Waals surface area (Å²) in [5.41, 5.74) is 2.80. The molecule has 1 unspecified atom stereocenters. The zero-order valence-electron chi connectivity index (χ0n) is 15.2. The second-order valence-corrected chi connectivity index (χ2v) is 8.34. The number of unbranched alkanes of at least 4 members (excludes halogenated alkanes) is 2. The molecule has 1 aromatic carbocycles. The number of aromatic hydroxyl groups is 1. The lowest BCUT2D eigenvalue weighted by Gasteiger charge is -2.49. The third kappa shape index (κ3) is 3.09. The highest BCUT2D eigenvalue weighted by Gasteiger charge is 2.47. The molecule has 0 bridgehead atoms. The van der Waals surface area contributed by atoms with Gasteiger partial charge in [0, 0.05) is 17.5 Å². The first-order chi connectivity index (χ1) is 10.9. The standard InChI is InChI=1S/C21H32O2/c1-5-6-7-8-15-12-16(22)13-19-20(15)21(3,4)17-10-9-14(2)11-18(17)23-19/h12-14,17-18,22H,5-11H2,1-4H3/t14?,17-,18+/m0/s1. The first kappa shape index (κ1) is 16.7. The fourth-order valence-corrected chi connectivity index (χ4v) is 4.88. The van der Waals surface area contributed by atoms with Crippen LogP contribution in [0.3, 0.4) is 0 Å². The summed E-state index contributed by atoms with van der Waals surface area (Å²) in [5.74, 6) is 2.64. The van der Waals surface area contributed by atoms with Crippen LogP contribution >= 0.6 is 0 Å². The van der Waals surface area contributed by atoms with Crippen molar-refractivity contribution in [3.05, 3.63) is 23.3 Å². The Morgan fingerprint density at radius 1 is 1.22 bits per heavy atom. The van der Waals surface area contributed by atoms with Crippen molar-refractivity contribution in [2.75, 3.05) is 0 Å². The van der Waals surface area contributed by atoms with Gasteiger partial charge in [0.2, 0.25) is 0 Å². The van der Waals surface area contributed by atoms with Crippen LogP contribution < -0.4 is 4.74 Å². The number of benzene rings is 1. The second kappa shape index (κ2) is 6.37. The topological polar surface area (TPSA) is 29.5 Å². The number of fused-ring (bicyclic) bond motifs is 2. The van der Waals surface area contributed by atoms with Crippen LogP contribution in [0.25, 0.3) is 0 Å². The van der Waals surface area contributed by atoms with E-state index in [1.807, 2.05) is 12.1 Å². The van der Waals surface area contributed by atoms with E-state index in [1.165, 1.54) is 43.2 Å². The molecular formula is C21H32O2. The monoisotopic (exact) mass is 316 g/mol. The van der Waals surface area contributed by atoms with Crippen LogP contribution in [0, 0.1) is 11.8 Å². The summed E-state index contributed by atoms with van der Waals surface area (Å²) in [6.45, 7) is 9.35. The van der Waals surface area contributed by atoms with Gasteiger partial charge in [-0.25, -0.2) is 0 Å². The maximum Gasteiger partial charge on any atom is 0.127 e. The number of hydrogen-bond acceptors (Lipinski definition) is 2. The molecule has 1 saturated carbocycles. The summed E-state index contributed by atoms with van der Waals surface area (Å²) < 4.78 is 6.41. The molecule has 3 atom stereocenters. The molecule has 3 rings (SSSR count). The molecule has 0 aromatic heterocycles. The van der Waals surface area contributed by atoms with Crippen molar-refractivity contribution in [1.29, 1.82) is 0 Å². The van der Waals surface area contributed by atoms with Crippen molar-refractivity contribution >= 4 is 0 Å². The number of hydrogen-bond donors (Lipinski definition) is 1. The van der Waals surface area contributed by atoms with Crippen LogP contribution in [-0.2, 0) is 11.8 Å². The van der Waals surface area contributed by atoms with Gasteiger partial charge >= 0.3 is 0 Å². The first-order valence-corrected chi connectivity index (χ1v) is 9.46. The number of ether oxygens (including phenoxy) is 1. The highest BCUT2D eigenvalue weighted by molar-refractivity contribution is 5.52. The third-order valence-corrected chi connectivity index (χ3v) is 6.12. The van der Waals surface area contributed by atoms with Gasteiger partial charge in [0.25, 0.3) is 0 Å². The van der Waals surface area contributed by atoms with Gasteiger partial charge in [0.15, 0.2) is 0 Å². The lowest BCUT2D eigenvalue weighted by Crippen LogP contribution is -2.48. The third-order valence-electron chi connectivity index (χ3n) is 6.12. The Morgan fingerprint density at radius 3 is 2.74 bits per heavy atom. The fourth-order valence-electron chi connectivity index (χ4n) is 4.88. The van der Waals surface area contributed by atoms with E-state index in [-0.39, 0.29) is 5.41 Å². The van der Waals surface area contributed by atoms with Crippen LogP contribution in [0.5, 0.6) is 11.5 Å². The fraction of sp³-hybridized carbons (Fsp3) is 0.714. The number of aryl methyl sites for hydroxylation is 1. The van der Waals surface area contributed by atoms with E-state index < -0.39 is 0 Å². The van der Waals surface area contributed by atoms with Crippen LogP contribution in [0.15, 0.2) is 12.1 Å². The van der Waals surface area contributed by atoms with Crippen molar-refractivity contribution in [1.82, 2.24) is 0 Å². The average Bonchev–Trinajstić information content (AvgIpc) is 2.45. The summed E-state index contributed by atoms with van der Waals surface area (Å²) in [6.07, 6.45) is 8.73. The van der Waals surface area contributed by atoms with Gasteiger partial charge in [-0.15, -0.1) is 0 Å². The molecule has 128 valence electrons. The molecule has 0 spiro atoms. The van der Waals surface area contributed by atoms with Crippen LogP contribution in [0.4, 0.5) is 0 Å². The Balaban J connectivity index is 1.99. The van der Waals surface area contributed by atoms with Crippen molar-refractivity contribution in [2.45, 2.75) is 84.2 Å². The van der Waals surface area contributed by atoms with E-state index in [0.717, 1.165) is 24.5 Å². The molecule has 2 aliphatic rings. The van der Waals surface area contributed by atoms with Gasteiger partial charge < -0.3 is 9.84 Å². The molecule has 1 aliphatic carbocycles. The molecule has 1 fully saturated rings. The van der Waals surface area contributed by atoms with Gasteiger partial charge in [-0.3, -0.25) is 0 Å². The Labute approximate surface area is 141 Å². The van der Waals surface area contributed by atoms with E-state index in [9.17, 15) is 5.11 Å². The summed E-state index contributed by atoms with van der Waals surface area (Å²) >= 11 is 0. The van der Waals surface area contributed by atoms with Crippen LogP contribution in [0.2, 0.25) is 0 Å². The molecule has 23 heavy (non-hydrogen) atoms. The van der Waals surface area contributed by atoms with Gasteiger partial charge in [0.05, 0.1) is 0 Å². The summed E-state index contributed by atoms with van der Waals surface area (Å²) in [7, 11) is 0. The number of phenols is 1. The molecule has 1 heterocycles. The zero-order valence-corrected chi connectivity index (χ0v) is 15.2. The van der Waals surface area contributed by atoms with E-state index in [2.05, 4.69) is 27.7 Å². The Kier molecular flexibility index (Phi) is 4.62. The normalized spacial score (nSPS) is 28.6. The quantitative estimate of drug-likeness (QED) is 0.733. The van der Waals surface area contributed by atoms with Crippen molar-refractivity contribution in [3.8, 4) is 11.5 Å². The Hall–Kier alpha value is -1.18. The van der Waals surface area contributed by atoms with Gasteiger partial charge in [-0.2, -0.15) is 0 Å². The minimum atomic E-state index is 0.133. The predicted molar refractivity (Wildman–Crippen MR) is 95.3 cm³/mol. The number of rotatable bonds is 4. The predicted octanol–water partition coefficient (Wildman–Crippen LogP) is 5.60. The summed E-state index contributed by atoms with van der Waals surface area (Å²) in [4.78, 5) is 0. The van der Waals surface area contributed by atoms with E-state index in [4.69, 9.17) is 4.74 Å². The lowest BCUT2D eigenvalue weighted by molar-refractivity contribution is 0.0103. The number of phenolic OH excluding ortho intramolecular Hbond substituents is 1. The van der Waals surface area contributed by atoms with Crippen molar-refractivity contribution in [3.63, 3.8) is 0 Å². The smallest absolute Gasteiger partial charge is 0.127 e. The van der Waals surface area contributed by atoms with Crippen molar-refractivity contribution in [2.24, 2.45) is 11.8 Å². The van der Waals surface area contributed by atoms with E-state index in [0.29, 0.717) is 17.8 Å². The largest absolute Gasteiger partial charge is 0.508 e. The van der Waals surface area contributed by atoms with Gasteiger partial charge in [-0.1, -0.05) is 47.0 Å². The molecule has 1 aliphatic heterocycles. The van der Waals surface area contributed by atoms with Crippen LogP contribution in [-0.4, -0.2) is 11.2 Å². The van der Waals surface area contributed by atoms with Gasteiger partial charge in [-0.05, 0) is 48.6 Å². The highest BCUT2D eigenvalue weighted by atomic mass is 16.5. The van der Waals surface area contributed by atoms with E-state index >= 15 is 0 Å². The molecular weight excluding hydrogens is 284 g/mol. The molecule has 1 aromatic rings. The minimum absolute atomic E-state index is 0.133. The SMILES string of the molecule is CCCCCc1cc(O)cc2c1C(C)(C)[C@H]1CCC(C)C[C@H]1O2. The molecule has 0 amide bonds. The molecule has 0 radical (unpaired) electrons. The highest BCUT2D eigenvalue weighted by Crippen LogP contribution is 2.52. The first-order valence-electron chi connectivity index (χ1n) is 9.46. The maximum atomic E-state index is 10.2. The zero-order chi connectivity index (χ0) is 16.6. The maximum absolute atomic E-state index is 10.2. The Bertz CT molecular complexity index is 544. The average molecular weight is 316 g/mol.